The van der Waals surface area contributed by atoms with Gasteiger partial charge in [0.05, 0.1) is 54.1 Å². The van der Waals surface area contributed by atoms with Crippen molar-refractivity contribution in [3.63, 3.8) is 0 Å². The molecular formula is C66H92N4O23. The van der Waals surface area contributed by atoms with Gasteiger partial charge in [-0.1, -0.05) is 43.4 Å². The Hall–Kier alpha value is -7.50. The number of likely N-dealkylation sites (N-methyl/N-ethyl adjacent to an activating group) is 2. The number of hydrogen-bond acceptors (Lipinski definition) is 25. The Balaban J connectivity index is 1.48. The average molecular weight is 1310 g/mol. The number of carbonyl (C=O) groups excluding carboxylic acids is 10. The first kappa shape index (κ1) is 76.2. The summed E-state index contributed by atoms with van der Waals surface area (Å²) < 4.78 is 71.9. The van der Waals surface area contributed by atoms with E-state index in [0.717, 1.165) is 34.1 Å². The zero-order chi connectivity index (χ0) is 68.6. The number of ether oxygens (including phenoxy) is 12. The van der Waals surface area contributed by atoms with Crippen LogP contribution in [0.4, 0.5) is 0 Å². The number of cyclic esters (lactones) is 1. The number of rotatable bonds is 25. The van der Waals surface area contributed by atoms with Gasteiger partial charge >= 0.3 is 41.8 Å². The molecule has 3 aliphatic rings. The Kier molecular flexibility index (Phi) is 30.7. The zero-order valence-corrected chi connectivity index (χ0v) is 55.3. The molecule has 3 aliphatic heterocycles. The molecule has 2 fully saturated rings. The average Bonchev–Trinajstić information content (AvgIpc) is 0.794. The van der Waals surface area contributed by atoms with Crippen LogP contribution in [0.1, 0.15) is 140 Å². The number of aliphatic hydroxyl groups is 1. The van der Waals surface area contributed by atoms with E-state index in [1.807, 2.05) is 52.2 Å². The first-order chi connectivity index (χ1) is 44.1. The number of amides is 2. The Labute approximate surface area is 542 Å². The van der Waals surface area contributed by atoms with Crippen LogP contribution in [0.25, 0.3) is 0 Å². The molecule has 3 heterocycles. The van der Waals surface area contributed by atoms with E-state index < -0.39 is 139 Å². The summed E-state index contributed by atoms with van der Waals surface area (Å²) in [6, 6.07) is 7.34. The molecule has 2 aromatic rings. The largest absolute Gasteiger partial charge is 0.462 e. The third kappa shape index (κ3) is 23.5. The molecule has 27 heteroatoms. The number of aliphatic hydroxyl groups excluding tert-OH is 1. The van der Waals surface area contributed by atoms with Crippen LogP contribution in [0.2, 0.25) is 0 Å². The topological polar surface area (TPSA) is 332 Å². The van der Waals surface area contributed by atoms with Crippen LogP contribution in [-0.2, 0) is 76.3 Å². The van der Waals surface area contributed by atoms with Crippen LogP contribution in [0.15, 0.2) is 60.7 Å². The molecule has 0 saturated carbocycles. The van der Waals surface area contributed by atoms with Gasteiger partial charge in [0.2, 0.25) is 0 Å². The van der Waals surface area contributed by atoms with E-state index in [9.17, 15) is 53.1 Å². The van der Waals surface area contributed by atoms with Crippen LogP contribution < -0.4 is 29.6 Å². The van der Waals surface area contributed by atoms with Crippen molar-refractivity contribution < 1.29 is 110 Å². The van der Waals surface area contributed by atoms with E-state index >= 15 is 0 Å². The first-order valence-corrected chi connectivity index (χ1v) is 31.2. The van der Waals surface area contributed by atoms with Gasteiger partial charge in [-0.3, -0.25) is 48.1 Å². The second-order valence-corrected chi connectivity index (χ2v) is 23.7. The molecule has 0 bridgehead atoms. The summed E-state index contributed by atoms with van der Waals surface area (Å²) in [7, 11) is 8.59. The molecule has 1 unspecified atom stereocenters. The predicted octanol–water partition coefficient (Wildman–Crippen LogP) is 5.28. The standard InChI is InChI=1S/C66H92N4O23/c1-37-35-45(31-34-71)59(62(82-13)49(76)36-55(79)83-38(2)21-15-14-16-24-50(37)90-56-30-29-48(69(9)10)39(3)84-56)93-66-63(92-54(78)28-20-33-68-65(81)47-23-18-26-52(87-42(6)73)61(47)89-44(8)75)57(70(11)12)58(40(4)85-66)91-53(77)27-19-32-67-64(80)46-22-17-25-51(86-41(5)72)60(46)88-43(7)74/h14-18,22-26,34,37-40,45,48-50,56-59,62-63,66,76H,19-21,27-33,35-36H2,1-13H3,(H,67,80)(H,68,81)/b15-14+,24-16+/t37-,38-,39-,40-,45+,48+,49-,50+,56+,57+,58-,59+,62?,63-,66+/m1/s1. The molecule has 93 heavy (non-hydrogen) atoms. The fourth-order valence-corrected chi connectivity index (χ4v) is 11.4. The number of aldehydes is 1. The number of nitrogens with zero attached hydrogens (tertiary/aromatic N) is 2. The minimum absolute atomic E-state index is 0.0278. The fourth-order valence-electron chi connectivity index (χ4n) is 11.4. The maximum absolute atomic E-state index is 14.4. The molecule has 2 aromatic carbocycles. The van der Waals surface area contributed by atoms with Crippen molar-refractivity contribution in [3.05, 3.63) is 71.8 Å². The lowest BCUT2D eigenvalue weighted by Gasteiger charge is -2.48. The smallest absolute Gasteiger partial charge is 0.308 e. The molecule has 0 aliphatic carbocycles. The van der Waals surface area contributed by atoms with Crippen LogP contribution >= 0.6 is 0 Å². The highest BCUT2D eigenvalue weighted by atomic mass is 16.7. The zero-order valence-electron chi connectivity index (χ0n) is 55.3. The number of allylic oxidation sites excluding steroid dienone is 2. The van der Waals surface area contributed by atoms with Crippen molar-refractivity contribution in [3.8, 4) is 23.0 Å². The maximum atomic E-state index is 14.4. The molecule has 0 radical (unpaired) electrons. The molecule has 514 valence electrons. The number of carbonyl (C=O) groups is 10. The number of esters is 7. The van der Waals surface area contributed by atoms with E-state index in [4.69, 9.17) is 56.8 Å². The summed E-state index contributed by atoms with van der Waals surface area (Å²) in [4.78, 5) is 133. The third-order valence-corrected chi connectivity index (χ3v) is 15.7. The quantitative estimate of drug-likeness (QED) is 0.0374. The summed E-state index contributed by atoms with van der Waals surface area (Å²) in [5.74, 6) is -8.95. The van der Waals surface area contributed by atoms with Crippen LogP contribution in [0.5, 0.6) is 23.0 Å². The summed E-state index contributed by atoms with van der Waals surface area (Å²) in [6.45, 7) is 11.5. The first-order valence-electron chi connectivity index (χ1n) is 31.2. The second-order valence-electron chi connectivity index (χ2n) is 23.7. The third-order valence-electron chi connectivity index (χ3n) is 15.7. The van der Waals surface area contributed by atoms with Gasteiger partial charge in [0, 0.05) is 79.6 Å². The van der Waals surface area contributed by atoms with Crippen LogP contribution in [0.3, 0.4) is 0 Å². The molecule has 27 nitrogen and oxygen atoms in total. The van der Waals surface area contributed by atoms with Gasteiger partial charge in [-0.15, -0.1) is 0 Å². The number of nitrogens with one attached hydrogen (secondary N) is 2. The Morgan fingerprint density at radius 2 is 1.22 bits per heavy atom. The van der Waals surface area contributed by atoms with Gasteiger partial charge in [0.15, 0.2) is 41.7 Å². The van der Waals surface area contributed by atoms with E-state index in [1.165, 1.54) is 43.5 Å². The molecule has 2 amide bonds. The molecule has 5 rings (SSSR count). The van der Waals surface area contributed by atoms with Gasteiger partial charge < -0.3 is 82.3 Å². The van der Waals surface area contributed by atoms with Crippen molar-refractivity contribution in [2.75, 3.05) is 48.4 Å². The highest BCUT2D eigenvalue weighted by Crippen LogP contribution is 2.38. The molecule has 15 atom stereocenters. The summed E-state index contributed by atoms with van der Waals surface area (Å²) in [6.07, 6.45) is -2.91. The monoisotopic (exact) mass is 1310 g/mol. The second kappa shape index (κ2) is 37.4. The van der Waals surface area contributed by atoms with E-state index in [1.54, 1.807) is 32.8 Å². The van der Waals surface area contributed by atoms with Crippen molar-refractivity contribution in [2.24, 2.45) is 11.8 Å². The molecular weight excluding hydrogens is 1220 g/mol. The summed E-state index contributed by atoms with van der Waals surface area (Å²) >= 11 is 0. The highest BCUT2D eigenvalue weighted by molar-refractivity contribution is 5.99. The lowest BCUT2D eigenvalue weighted by atomic mass is 9.82. The van der Waals surface area contributed by atoms with E-state index in [0.29, 0.717) is 19.1 Å². The normalized spacial score (nSPS) is 27.7. The SMILES string of the molecule is COC1[C@H](O)CC(=O)O[C@H](C)C/C=C/C=C/[C@H](O[C@H]2CC[C@H](N(C)C)[C@@H](C)O2)[C@H](C)C[C@H](CC=O)[C@@H]1O[C@@H]1O[C@H](C)[C@@H](OC(=O)CCCNC(=O)c2cccc(OC(C)=O)c2OC(C)=O)[C@H](N(C)C)[C@H]1OC(=O)CCCNC(=O)c1cccc(OC(C)=O)c1OC(C)=O. The highest BCUT2D eigenvalue weighted by Gasteiger charge is 2.52. The predicted molar refractivity (Wildman–Crippen MR) is 331 cm³/mol. The van der Waals surface area contributed by atoms with Gasteiger partial charge in [-0.2, -0.15) is 0 Å². The molecule has 0 aromatic heterocycles. The Bertz CT molecular complexity index is 2950. The van der Waals surface area contributed by atoms with Crippen LogP contribution in [0, 0.1) is 11.8 Å². The maximum Gasteiger partial charge on any atom is 0.308 e. The lowest BCUT2D eigenvalue weighted by molar-refractivity contribution is -0.313. The Morgan fingerprint density at radius 3 is 1.71 bits per heavy atom. The minimum Gasteiger partial charge on any atom is -0.462 e. The summed E-state index contributed by atoms with van der Waals surface area (Å²) in [5, 5.41) is 17.4. The molecule has 3 N–H and O–H groups in total. The number of para-hydroxylation sites is 2. The minimum atomic E-state index is -1.61. The van der Waals surface area contributed by atoms with Gasteiger partial charge in [-0.25, -0.2) is 0 Å². The van der Waals surface area contributed by atoms with Crippen molar-refractivity contribution in [1.82, 2.24) is 20.4 Å². The van der Waals surface area contributed by atoms with Gasteiger partial charge in [0.1, 0.15) is 24.6 Å². The van der Waals surface area contributed by atoms with Gasteiger partial charge in [-0.05, 0) is 117 Å². The van der Waals surface area contributed by atoms with Crippen molar-refractivity contribution in [1.29, 1.82) is 0 Å². The number of hydrogen-bond donors (Lipinski definition) is 3. The van der Waals surface area contributed by atoms with E-state index in [2.05, 4.69) is 15.5 Å². The number of methoxy groups -OCH3 is 1. The number of benzene rings is 2. The van der Waals surface area contributed by atoms with Crippen LogP contribution in [-0.4, -0.2) is 203 Å². The lowest BCUT2D eigenvalue weighted by Crippen LogP contribution is -2.65. The fraction of sp³-hybridized carbons (Fsp3) is 0.606. The summed E-state index contributed by atoms with van der Waals surface area (Å²) in [5.41, 5.74) is -0.264. The van der Waals surface area contributed by atoms with Crippen molar-refractivity contribution >= 4 is 59.9 Å². The Morgan fingerprint density at radius 1 is 0.667 bits per heavy atom. The molecule has 2 saturated heterocycles. The van der Waals surface area contributed by atoms with Crippen molar-refractivity contribution in [2.45, 2.75) is 199 Å². The molecule has 0 spiro atoms. The van der Waals surface area contributed by atoms with E-state index in [-0.39, 0.29) is 97.9 Å². The van der Waals surface area contributed by atoms with Gasteiger partial charge in [0.25, 0.3) is 11.8 Å².